The van der Waals surface area contributed by atoms with Crippen molar-refractivity contribution in [2.75, 3.05) is 19.6 Å². The summed E-state index contributed by atoms with van der Waals surface area (Å²) in [6.07, 6.45) is 2.60. The van der Waals surface area contributed by atoms with Gasteiger partial charge in [-0.25, -0.2) is 0 Å². The van der Waals surface area contributed by atoms with Crippen molar-refractivity contribution in [3.63, 3.8) is 0 Å². The van der Waals surface area contributed by atoms with Gasteiger partial charge in [-0.05, 0) is 31.9 Å². The second-order valence-corrected chi connectivity index (χ2v) is 6.18. The van der Waals surface area contributed by atoms with Crippen molar-refractivity contribution in [1.82, 2.24) is 10.6 Å². The van der Waals surface area contributed by atoms with E-state index >= 15 is 0 Å². The summed E-state index contributed by atoms with van der Waals surface area (Å²) in [5, 5.41) is 7.17. The van der Waals surface area contributed by atoms with E-state index < -0.39 is 0 Å². The van der Waals surface area contributed by atoms with Gasteiger partial charge in [0.05, 0.1) is 0 Å². The van der Waals surface area contributed by atoms with Crippen LogP contribution in [0.4, 0.5) is 0 Å². The lowest BCUT2D eigenvalue weighted by atomic mass is 9.83. The van der Waals surface area contributed by atoms with Crippen LogP contribution in [0.1, 0.15) is 37.8 Å². The Morgan fingerprint density at radius 2 is 2.22 bits per heavy atom. The smallest absolute Gasteiger partial charge is 0.0193 e. The summed E-state index contributed by atoms with van der Waals surface area (Å²) in [4.78, 5) is 0. The molecule has 1 aromatic carbocycles. The zero-order valence-corrected chi connectivity index (χ0v) is 11.9. The molecule has 2 N–H and O–H groups in total. The van der Waals surface area contributed by atoms with E-state index in [0.717, 1.165) is 13.1 Å². The molecule has 0 amide bonds. The Bertz CT molecular complexity index is 378. The Morgan fingerprint density at radius 3 is 2.89 bits per heavy atom. The first-order valence-corrected chi connectivity index (χ1v) is 7.09. The molecular weight excluding hydrogens is 220 g/mol. The summed E-state index contributed by atoms with van der Waals surface area (Å²) >= 11 is 0. The van der Waals surface area contributed by atoms with Crippen molar-refractivity contribution in [3.8, 4) is 0 Å². The lowest BCUT2D eigenvalue weighted by Crippen LogP contribution is -2.47. The number of rotatable bonds is 4. The molecule has 0 aliphatic carbocycles. The minimum Gasteiger partial charge on any atom is -0.315 e. The highest BCUT2D eigenvalue weighted by Gasteiger charge is 2.22. The first-order chi connectivity index (χ1) is 8.58. The standard InChI is InChI=1S/C16H26N2/c1-13-6-4-7-14(10-13)16(2,3)12-18-15-8-5-9-17-11-15/h4,6-7,10,15,17-18H,5,8-9,11-12H2,1-3H3. The Hall–Kier alpha value is -0.860. The molecule has 0 aromatic heterocycles. The summed E-state index contributed by atoms with van der Waals surface area (Å²) in [5.41, 5.74) is 2.97. The third-order valence-corrected chi connectivity index (χ3v) is 3.93. The number of aryl methyl sites for hydroxylation is 1. The van der Waals surface area contributed by atoms with Crippen LogP contribution in [0.5, 0.6) is 0 Å². The van der Waals surface area contributed by atoms with Gasteiger partial charge < -0.3 is 10.6 Å². The molecule has 1 aromatic rings. The predicted molar refractivity (Wildman–Crippen MR) is 78.1 cm³/mol. The van der Waals surface area contributed by atoms with Crippen LogP contribution in [-0.2, 0) is 5.41 Å². The summed E-state index contributed by atoms with van der Waals surface area (Å²) in [6, 6.07) is 9.52. The van der Waals surface area contributed by atoms with E-state index in [0.29, 0.717) is 6.04 Å². The van der Waals surface area contributed by atoms with Crippen molar-refractivity contribution >= 4 is 0 Å². The Balaban J connectivity index is 1.94. The molecule has 0 radical (unpaired) electrons. The van der Waals surface area contributed by atoms with Crippen molar-refractivity contribution in [1.29, 1.82) is 0 Å². The number of piperidine rings is 1. The largest absolute Gasteiger partial charge is 0.315 e. The fourth-order valence-electron chi connectivity index (χ4n) is 2.59. The maximum absolute atomic E-state index is 3.72. The third-order valence-electron chi connectivity index (χ3n) is 3.93. The molecule has 2 rings (SSSR count). The molecule has 1 heterocycles. The third kappa shape index (κ3) is 3.56. The Morgan fingerprint density at radius 1 is 1.39 bits per heavy atom. The SMILES string of the molecule is Cc1cccc(C(C)(C)CNC2CCCNC2)c1. The first kappa shape index (κ1) is 13.6. The van der Waals surface area contributed by atoms with Crippen molar-refractivity contribution in [2.45, 2.75) is 45.1 Å². The molecule has 18 heavy (non-hydrogen) atoms. The highest BCUT2D eigenvalue weighted by Crippen LogP contribution is 2.23. The molecule has 0 bridgehead atoms. The van der Waals surface area contributed by atoms with Gasteiger partial charge in [-0.1, -0.05) is 43.7 Å². The van der Waals surface area contributed by atoms with E-state index in [-0.39, 0.29) is 5.41 Å². The van der Waals surface area contributed by atoms with Gasteiger partial charge in [0.15, 0.2) is 0 Å². The second kappa shape index (κ2) is 5.85. The molecule has 2 nitrogen and oxygen atoms in total. The summed E-state index contributed by atoms with van der Waals surface area (Å²) < 4.78 is 0. The van der Waals surface area contributed by atoms with Gasteiger partial charge in [0, 0.05) is 24.5 Å². The van der Waals surface area contributed by atoms with Crippen molar-refractivity contribution in [3.05, 3.63) is 35.4 Å². The van der Waals surface area contributed by atoms with Gasteiger partial charge in [0.2, 0.25) is 0 Å². The molecule has 2 heteroatoms. The molecule has 1 atom stereocenters. The van der Waals surface area contributed by atoms with Crippen LogP contribution >= 0.6 is 0 Å². The Kier molecular flexibility index (Phi) is 4.41. The minimum atomic E-state index is 0.198. The predicted octanol–water partition coefficient (Wildman–Crippen LogP) is 2.61. The number of nitrogens with one attached hydrogen (secondary N) is 2. The molecule has 0 spiro atoms. The van der Waals surface area contributed by atoms with E-state index in [4.69, 9.17) is 0 Å². The average Bonchev–Trinajstić information content (AvgIpc) is 2.38. The van der Waals surface area contributed by atoms with Gasteiger partial charge in [-0.15, -0.1) is 0 Å². The number of benzene rings is 1. The molecule has 1 aliphatic heterocycles. The van der Waals surface area contributed by atoms with E-state index in [9.17, 15) is 0 Å². The number of hydrogen-bond acceptors (Lipinski definition) is 2. The summed E-state index contributed by atoms with van der Waals surface area (Å²) in [6.45, 7) is 10.2. The summed E-state index contributed by atoms with van der Waals surface area (Å²) in [5.74, 6) is 0. The molecule has 1 aliphatic rings. The molecule has 1 saturated heterocycles. The van der Waals surface area contributed by atoms with Crippen LogP contribution in [0.2, 0.25) is 0 Å². The fourth-order valence-corrected chi connectivity index (χ4v) is 2.59. The maximum Gasteiger partial charge on any atom is 0.0193 e. The van der Waals surface area contributed by atoms with Crippen LogP contribution in [-0.4, -0.2) is 25.7 Å². The zero-order chi connectivity index (χ0) is 13.0. The van der Waals surface area contributed by atoms with Crippen LogP contribution in [0.15, 0.2) is 24.3 Å². The average molecular weight is 246 g/mol. The van der Waals surface area contributed by atoms with E-state index in [1.165, 1.54) is 30.5 Å². The Labute approximate surface area is 111 Å². The van der Waals surface area contributed by atoms with E-state index in [1.54, 1.807) is 0 Å². The molecule has 1 unspecified atom stereocenters. The van der Waals surface area contributed by atoms with Crippen LogP contribution in [0, 0.1) is 6.92 Å². The van der Waals surface area contributed by atoms with Gasteiger partial charge in [-0.3, -0.25) is 0 Å². The highest BCUT2D eigenvalue weighted by atomic mass is 15.0. The molecule has 0 saturated carbocycles. The molecule has 100 valence electrons. The van der Waals surface area contributed by atoms with E-state index in [2.05, 4.69) is 55.7 Å². The van der Waals surface area contributed by atoms with Crippen molar-refractivity contribution in [2.24, 2.45) is 0 Å². The maximum atomic E-state index is 3.72. The lowest BCUT2D eigenvalue weighted by molar-refractivity contribution is 0.354. The fraction of sp³-hybridized carbons (Fsp3) is 0.625. The summed E-state index contributed by atoms with van der Waals surface area (Å²) in [7, 11) is 0. The topological polar surface area (TPSA) is 24.1 Å². The van der Waals surface area contributed by atoms with Gasteiger partial charge in [-0.2, -0.15) is 0 Å². The second-order valence-electron chi connectivity index (χ2n) is 6.18. The normalized spacial score (nSPS) is 20.9. The van der Waals surface area contributed by atoms with Crippen molar-refractivity contribution < 1.29 is 0 Å². The molecular formula is C16H26N2. The van der Waals surface area contributed by atoms with Gasteiger partial charge in [0.1, 0.15) is 0 Å². The zero-order valence-electron chi connectivity index (χ0n) is 11.9. The molecule has 1 fully saturated rings. The minimum absolute atomic E-state index is 0.198. The quantitative estimate of drug-likeness (QED) is 0.853. The van der Waals surface area contributed by atoms with Crippen LogP contribution in [0.25, 0.3) is 0 Å². The lowest BCUT2D eigenvalue weighted by Gasteiger charge is -2.31. The monoisotopic (exact) mass is 246 g/mol. The number of hydrogen-bond donors (Lipinski definition) is 2. The van der Waals surface area contributed by atoms with Crippen LogP contribution in [0.3, 0.4) is 0 Å². The van der Waals surface area contributed by atoms with Gasteiger partial charge >= 0.3 is 0 Å². The first-order valence-electron chi connectivity index (χ1n) is 7.09. The van der Waals surface area contributed by atoms with Crippen LogP contribution < -0.4 is 10.6 Å². The van der Waals surface area contributed by atoms with Gasteiger partial charge in [0.25, 0.3) is 0 Å². The highest BCUT2D eigenvalue weighted by molar-refractivity contribution is 5.28. The van der Waals surface area contributed by atoms with E-state index in [1.807, 2.05) is 0 Å².